The highest BCUT2D eigenvalue weighted by molar-refractivity contribution is 6.35. The highest BCUT2D eigenvalue weighted by Gasteiger charge is 2.09. The molecule has 0 aliphatic rings. The van der Waals surface area contributed by atoms with E-state index in [1.807, 2.05) is 13.0 Å². The minimum absolute atomic E-state index is 0.156. The van der Waals surface area contributed by atoms with Gasteiger partial charge in [-0.05, 0) is 49.6 Å². The molecule has 0 saturated heterocycles. The summed E-state index contributed by atoms with van der Waals surface area (Å²) >= 11 is 12.0. The molecule has 0 radical (unpaired) electrons. The molecule has 0 amide bonds. The monoisotopic (exact) mass is 324 g/mol. The average Bonchev–Trinajstić information content (AvgIpc) is 2.44. The fraction of sp³-hybridized carbons (Fsp3) is 0.312. The first-order valence-electron chi connectivity index (χ1n) is 6.83. The van der Waals surface area contributed by atoms with Crippen LogP contribution >= 0.6 is 23.2 Å². The third-order valence-corrected chi connectivity index (χ3v) is 3.74. The maximum Gasteiger partial charge on any atom is 0.222 e. The number of nitrogens with two attached hydrogens (primary N) is 1. The van der Waals surface area contributed by atoms with Crippen LogP contribution in [-0.4, -0.2) is 11.0 Å². The lowest BCUT2D eigenvalue weighted by Crippen LogP contribution is -2.21. The van der Waals surface area contributed by atoms with E-state index in [1.165, 1.54) is 0 Å². The Morgan fingerprint density at radius 3 is 2.67 bits per heavy atom. The molecule has 0 fully saturated rings. The van der Waals surface area contributed by atoms with Gasteiger partial charge in [-0.3, -0.25) is 0 Å². The van der Waals surface area contributed by atoms with Crippen molar-refractivity contribution in [3.05, 3.63) is 51.6 Å². The van der Waals surface area contributed by atoms with E-state index in [9.17, 15) is 0 Å². The molecule has 2 aromatic rings. The highest BCUT2D eigenvalue weighted by atomic mass is 35.5. The second-order valence-electron chi connectivity index (χ2n) is 5.01. The van der Waals surface area contributed by atoms with E-state index in [0.717, 1.165) is 24.0 Å². The summed E-state index contributed by atoms with van der Waals surface area (Å²) in [5.41, 5.74) is 8.02. The molecule has 1 heterocycles. The molecule has 0 saturated carbocycles. The normalized spacial score (nSPS) is 12.2. The number of hydrogen-bond donors (Lipinski definition) is 1. The first kappa shape index (κ1) is 16.1. The summed E-state index contributed by atoms with van der Waals surface area (Å²) in [5.74, 6) is 1.07. The Morgan fingerprint density at radius 1 is 1.29 bits per heavy atom. The largest absolute Gasteiger partial charge is 0.437 e. The molecule has 1 atom stereocenters. The van der Waals surface area contributed by atoms with Gasteiger partial charge in [0.2, 0.25) is 5.88 Å². The van der Waals surface area contributed by atoms with Gasteiger partial charge in [-0.2, -0.15) is 0 Å². The summed E-state index contributed by atoms with van der Waals surface area (Å²) in [6.07, 6.45) is 3.55. The van der Waals surface area contributed by atoms with Crippen LogP contribution in [0.3, 0.4) is 0 Å². The molecule has 2 N–H and O–H groups in total. The summed E-state index contributed by atoms with van der Waals surface area (Å²) in [6.45, 7) is 4.03. The molecule has 1 aromatic carbocycles. The molecule has 3 nitrogen and oxygen atoms in total. The van der Waals surface area contributed by atoms with Gasteiger partial charge >= 0.3 is 0 Å². The van der Waals surface area contributed by atoms with E-state index in [1.54, 1.807) is 24.4 Å². The van der Waals surface area contributed by atoms with Crippen molar-refractivity contribution in [2.24, 2.45) is 5.73 Å². The predicted octanol–water partition coefficient (Wildman–Crippen LogP) is 4.77. The van der Waals surface area contributed by atoms with Crippen molar-refractivity contribution in [3.63, 3.8) is 0 Å². The van der Waals surface area contributed by atoms with E-state index in [-0.39, 0.29) is 6.04 Å². The van der Waals surface area contributed by atoms with Gasteiger partial charge in [0.1, 0.15) is 5.75 Å². The maximum absolute atomic E-state index is 6.10. The number of halogens is 2. The third kappa shape index (κ3) is 4.34. The van der Waals surface area contributed by atoms with E-state index < -0.39 is 0 Å². The number of aromatic nitrogens is 1. The number of nitrogens with zero attached hydrogens (tertiary/aromatic N) is 1. The molecular formula is C16H18Cl2N2O. The first-order chi connectivity index (χ1) is 9.99. The van der Waals surface area contributed by atoms with Crippen LogP contribution in [0.1, 0.15) is 24.5 Å². The Hall–Kier alpha value is -1.29. The molecule has 0 aliphatic heterocycles. The Morgan fingerprint density at radius 2 is 2.05 bits per heavy atom. The Balaban J connectivity index is 2.17. The number of pyridine rings is 1. The fourth-order valence-corrected chi connectivity index (χ4v) is 2.40. The van der Waals surface area contributed by atoms with Crippen molar-refractivity contribution in [3.8, 4) is 11.6 Å². The van der Waals surface area contributed by atoms with Crippen molar-refractivity contribution in [1.82, 2.24) is 4.98 Å². The zero-order chi connectivity index (χ0) is 15.4. The second kappa shape index (κ2) is 7.12. The van der Waals surface area contributed by atoms with Crippen LogP contribution in [0.15, 0.2) is 30.5 Å². The lowest BCUT2D eigenvalue weighted by Gasteiger charge is -2.12. The number of rotatable bonds is 5. The zero-order valence-corrected chi connectivity index (χ0v) is 13.6. The van der Waals surface area contributed by atoms with E-state index in [0.29, 0.717) is 21.7 Å². The van der Waals surface area contributed by atoms with Gasteiger partial charge in [0.15, 0.2) is 0 Å². The molecule has 0 spiro atoms. The second-order valence-corrected chi connectivity index (χ2v) is 5.86. The van der Waals surface area contributed by atoms with Crippen molar-refractivity contribution in [1.29, 1.82) is 0 Å². The predicted molar refractivity (Wildman–Crippen MR) is 87.5 cm³/mol. The van der Waals surface area contributed by atoms with Crippen LogP contribution in [0.5, 0.6) is 11.6 Å². The molecule has 2 rings (SSSR count). The quantitative estimate of drug-likeness (QED) is 0.861. The lowest BCUT2D eigenvalue weighted by atomic mass is 10.1. The molecule has 0 aliphatic carbocycles. The van der Waals surface area contributed by atoms with E-state index >= 15 is 0 Å². The molecule has 1 unspecified atom stereocenters. The molecular weight excluding hydrogens is 307 g/mol. The molecule has 5 heteroatoms. The zero-order valence-electron chi connectivity index (χ0n) is 12.1. The molecule has 0 bridgehead atoms. The van der Waals surface area contributed by atoms with Crippen LogP contribution in [0.25, 0.3) is 0 Å². The Bertz CT molecular complexity index is 632. The number of ether oxygens (including phenoxy) is 1. The van der Waals surface area contributed by atoms with Crippen LogP contribution in [0.2, 0.25) is 10.0 Å². The van der Waals surface area contributed by atoms with Gasteiger partial charge in [-0.1, -0.05) is 30.1 Å². The smallest absolute Gasteiger partial charge is 0.222 e. The topological polar surface area (TPSA) is 48.1 Å². The van der Waals surface area contributed by atoms with Crippen LogP contribution < -0.4 is 10.5 Å². The van der Waals surface area contributed by atoms with Gasteiger partial charge in [-0.25, -0.2) is 4.98 Å². The van der Waals surface area contributed by atoms with Crippen molar-refractivity contribution >= 4 is 23.2 Å². The van der Waals surface area contributed by atoms with Crippen molar-refractivity contribution in [2.75, 3.05) is 0 Å². The number of benzene rings is 1. The average molecular weight is 325 g/mol. The Labute approximate surface area is 135 Å². The van der Waals surface area contributed by atoms with Crippen LogP contribution in [0, 0.1) is 6.92 Å². The SMILES string of the molecule is CCC(N)Cc1cnc(Oc2ccc(Cl)cc2Cl)c(C)c1. The summed E-state index contributed by atoms with van der Waals surface area (Å²) < 4.78 is 5.75. The van der Waals surface area contributed by atoms with Gasteiger partial charge in [0, 0.05) is 22.8 Å². The van der Waals surface area contributed by atoms with Crippen LogP contribution in [0.4, 0.5) is 0 Å². The summed E-state index contributed by atoms with van der Waals surface area (Å²) in [5, 5.41) is 1.03. The van der Waals surface area contributed by atoms with Gasteiger partial charge in [0.25, 0.3) is 0 Å². The standard InChI is InChI=1S/C16H18Cl2N2O/c1-3-13(19)7-11-6-10(2)16(20-9-11)21-15-5-4-12(17)8-14(15)18/h4-6,8-9,13H,3,7,19H2,1-2H3. The summed E-state index contributed by atoms with van der Waals surface area (Å²) in [7, 11) is 0. The fourth-order valence-electron chi connectivity index (χ4n) is 1.95. The minimum Gasteiger partial charge on any atom is -0.437 e. The van der Waals surface area contributed by atoms with Crippen LogP contribution in [-0.2, 0) is 6.42 Å². The van der Waals surface area contributed by atoms with Crippen molar-refractivity contribution < 1.29 is 4.74 Å². The van der Waals surface area contributed by atoms with E-state index in [4.69, 9.17) is 33.7 Å². The van der Waals surface area contributed by atoms with Gasteiger partial charge in [0.05, 0.1) is 5.02 Å². The first-order valence-corrected chi connectivity index (χ1v) is 7.59. The van der Waals surface area contributed by atoms with Gasteiger partial charge in [-0.15, -0.1) is 0 Å². The maximum atomic E-state index is 6.10. The number of hydrogen-bond acceptors (Lipinski definition) is 3. The van der Waals surface area contributed by atoms with E-state index in [2.05, 4.69) is 11.9 Å². The third-order valence-electron chi connectivity index (χ3n) is 3.21. The highest BCUT2D eigenvalue weighted by Crippen LogP contribution is 2.32. The van der Waals surface area contributed by atoms with Gasteiger partial charge < -0.3 is 10.5 Å². The molecule has 112 valence electrons. The lowest BCUT2D eigenvalue weighted by molar-refractivity contribution is 0.458. The summed E-state index contributed by atoms with van der Waals surface area (Å²) in [4.78, 5) is 4.35. The number of aryl methyl sites for hydroxylation is 1. The molecule has 1 aromatic heterocycles. The molecule has 21 heavy (non-hydrogen) atoms. The summed E-state index contributed by atoms with van der Waals surface area (Å²) in [6, 6.07) is 7.30. The minimum atomic E-state index is 0.156. The Kier molecular flexibility index (Phi) is 5.45. The van der Waals surface area contributed by atoms with Crippen molar-refractivity contribution in [2.45, 2.75) is 32.7 Å².